The predicted molar refractivity (Wildman–Crippen MR) is 46.2 cm³/mol. The topological polar surface area (TPSA) is 48.2 Å². The first-order valence-electron chi connectivity index (χ1n) is 3.29. The number of halogens is 1. The van der Waals surface area contributed by atoms with Gasteiger partial charge in [0.15, 0.2) is 0 Å². The average Bonchev–Trinajstić information content (AvgIpc) is 2.29. The van der Waals surface area contributed by atoms with Crippen molar-refractivity contribution in [3.05, 3.63) is 39.1 Å². The van der Waals surface area contributed by atoms with Gasteiger partial charge in [0, 0.05) is 15.6 Å². The molecule has 0 atom stereocenters. The third kappa shape index (κ3) is 1.95. The number of amides is 2. The zero-order valence-corrected chi connectivity index (χ0v) is 11.6. The fraction of sp³-hybridized carbons (Fsp3) is 0. The van der Waals surface area contributed by atoms with Crippen LogP contribution in [0.15, 0.2) is 22.7 Å². The fourth-order valence-corrected chi connectivity index (χ4v) is 1.66. The van der Waals surface area contributed by atoms with E-state index < -0.39 is 11.8 Å². The van der Waals surface area contributed by atoms with E-state index in [0.29, 0.717) is 15.6 Å². The van der Waals surface area contributed by atoms with Crippen molar-refractivity contribution < 1.29 is 61.0 Å². The third-order valence-corrected chi connectivity index (χ3v) is 2.32. The first-order chi connectivity index (χ1) is 5.70. The molecular formula is C8H3BrKNO2. The Bertz CT molecular complexity index is 392. The summed E-state index contributed by atoms with van der Waals surface area (Å²) in [6, 6.07) is 5.01. The summed E-state index contributed by atoms with van der Waals surface area (Å²) in [5.41, 5.74) is 0.761. The first kappa shape index (κ1) is 11.6. The van der Waals surface area contributed by atoms with Crippen LogP contribution >= 0.6 is 15.9 Å². The molecule has 60 valence electrons. The average molecular weight is 264 g/mol. The fourth-order valence-electron chi connectivity index (χ4n) is 1.13. The van der Waals surface area contributed by atoms with E-state index in [1.165, 1.54) is 0 Å². The van der Waals surface area contributed by atoms with Gasteiger partial charge in [-0.25, -0.2) is 0 Å². The van der Waals surface area contributed by atoms with Gasteiger partial charge >= 0.3 is 51.4 Å². The predicted octanol–water partition coefficient (Wildman–Crippen LogP) is -0.879. The van der Waals surface area contributed by atoms with Gasteiger partial charge in [-0.3, -0.25) is 0 Å². The standard InChI is InChI=1S/C8H4BrNO2.K/c9-5-3-1-2-4-6(5)8(12)10-7(4)11;/h1-3H,(H,10,11,12);/q;+1/p-1. The van der Waals surface area contributed by atoms with Crippen LogP contribution in [-0.2, 0) is 0 Å². The van der Waals surface area contributed by atoms with E-state index in [2.05, 4.69) is 21.2 Å². The summed E-state index contributed by atoms with van der Waals surface area (Å²) < 4.78 is 0.625. The number of hydrogen-bond acceptors (Lipinski definition) is 2. The Morgan fingerprint density at radius 2 is 1.85 bits per heavy atom. The quantitative estimate of drug-likeness (QED) is 0.451. The molecule has 0 N–H and O–H groups in total. The largest absolute Gasteiger partial charge is 1.00 e. The van der Waals surface area contributed by atoms with Gasteiger partial charge in [-0.15, -0.1) is 0 Å². The van der Waals surface area contributed by atoms with Crippen LogP contribution in [0.25, 0.3) is 5.32 Å². The van der Waals surface area contributed by atoms with Gasteiger partial charge in [0.1, 0.15) is 0 Å². The zero-order valence-electron chi connectivity index (χ0n) is 6.87. The molecular weight excluding hydrogens is 261 g/mol. The minimum Gasteiger partial charge on any atom is -0.587 e. The third-order valence-electron chi connectivity index (χ3n) is 1.66. The number of rotatable bonds is 0. The summed E-state index contributed by atoms with van der Waals surface area (Å²) in [7, 11) is 0. The molecule has 0 bridgehead atoms. The van der Waals surface area contributed by atoms with Crippen LogP contribution in [0.4, 0.5) is 0 Å². The minimum atomic E-state index is -0.456. The Labute approximate surface area is 126 Å². The molecule has 3 nitrogen and oxygen atoms in total. The van der Waals surface area contributed by atoms with Gasteiger partial charge in [0.05, 0.1) is 11.8 Å². The van der Waals surface area contributed by atoms with E-state index in [-0.39, 0.29) is 51.4 Å². The van der Waals surface area contributed by atoms with Crippen LogP contribution in [0, 0.1) is 0 Å². The zero-order chi connectivity index (χ0) is 8.72. The summed E-state index contributed by atoms with van der Waals surface area (Å²) in [4.78, 5) is 22.1. The van der Waals surface area contributed by atoms with Crippen LogP contribution in [0.1, 0.15) is 20.7 Å². The van der Waals surface area contributed by atoms with E-state index in [1.807, 2.05) is 0 Å². The van der Waals surface area contributed by atoms with Crippen molar-refractivity contribution in [2.75, 3.05) is 0 Å². The summed E-state index contributed by atoms with van der Waals surface area (Å²) >= 11 is 3.18. The van der Waals surface area contributed by atoms with E-state index >= 15 is 0 Å². The van der Waals surface area contributed by atoms with Crippen molar-refractivity contribution in [2.24, 2.45) is 0 Å². The van der Waals surface area contributed by atoms with Gasteiger partial charge in [-0.1, -0.05) is 28.1 Å². The molecule has 5 heteroatoms. The van der Waals surface area contributed by atoms with Crippen LogP contribution in [0.3, 0.4) is 0 Å². The van der Waals surface area contributed by atoms with Crippen LogP contribution in [0.5, 0.6) is 0 Å². The Morgan fingerprint density at radius 3 is 2.46 bits per heavy atom. The van der Waals surface area contributed by atoms with Crippen LogP contribution in [-0.4, -0.2) is 11.8 Å². The SMILES string of the molecule is O=C1[N-]C(=O)c2c(Br)cccc21.[K+]. The van der Waals surface area contributed by atoms with Crippen molar-refractivity contribution in [1.29, 1.82) is 0 Å². The Balaban J connectivity index is 0.000000845. The number of imide groups is 1. The second-order valence-corrected chi connectivity index (χ2v) is 3.24. The Kier molecular flexibility index (Phi) is 3.85. The maximum absolute atomic E-state index is 11.1. The maximum Gasteiger partial charge on any atom is 1.00 e. The molecule has 1 heterocycles. The second-order valence-electron chi connectivity index (χ2n) is 2.38. The van der Waals surface area contributed by atoms with E-state index in [0.717, 1.165) is 0 Å². The molecule has 0 unspecified atom stereocenters. The molecule has 0 fully saturated rings. The molecule has 0 saturated carbocycles. The first-order valence-corrected chi connectivity index (χ1v) is 4.08. The summed E-state index contributed by atoms with van der Waals surface area (Å²) in [5.74, 6) is -0.904. The Morgan fingerprint density at radius 1 is 1.15 bits per heavy atom. The van der Waals surface area contributed by atoms with E-state index in [9.17, 15) is 9.59 Å². The van der Waals surface area contributed by atoms with Crippen LogP contribution < -0.4 is 51.4 Å². The van der Waals surface area contributed by atoms with Gasteiger partial charge in [0.25, 0.3) is 0 Å². The normalized spacial score (nSPS) is 13.3. The molecule has 2 rings (SSSR count). The summed E-state index contributed by atoms with van der Waals surface area (Å²) in [6.07, 6.45) is 0. The van der Waals surface area contributed by atoms with Crippen molar-refractivity contribution >= 4 is 27.7 Å². The number of benzene rings is 1. The molecule has 0 radical (unpaired) electrons. The van der Waals surface area contributed by atoms with Gasteiger partial charge in [0.2, 0.25) is 0 Å². The molecule has 1 aliphatic rings. The molecule has 1 aliphatic heterocycles. The maximum atomic E-state index is 11.1. The molecule has 1 aromatic rings. The minimum absolute atomic E-state index is 0. The molecule has 13 heavy (non-hydrogen) atoms. The molecule has 0 spiro atoms. The molecule has 0 saturated heterocycles. The van der Waals surface area contributed by atoms with Gasteiger partial charge in [-0.05, 0) is 6.07 Å². The number of fused-ring (bicyclic) bond motifs is 1. The van der Waals surface area contributed by atoms with Crippen molar-refractivity contribution in [1.82, 2.24) is 0 Å². The molecule has 0 aliphatic carbocycles. The van der Waals surface area contributed by atoms with Gasteiger partial charge < -0.3 is 14.9 Å². The smallest absolute Gasteiger partial charge is 0.587 e. The molecule has 0 aromatic heterocycles. The summed E-state index contributed by atoms with van der Waals surface area (Å²) in [5, 5.41) is 3.31. The molecule has 2 amide bonds. The van der Waals surface area contributed by atoms with Gasteiger partial charge in [-0.2, -0.15) is 0 Å². The number of nitrogens with zero attached hydrogens (tertiary/aromatic N) is 1. The van der Waals surface area contributed by atoms with Crippen molar-refractivity contribution in [3.8, 4) is 0 Å². The number of carbonyl (C=O) groups excluding carboxylic acids is 2. The number of carbonyl (C=O) groups is 2. The summed E-state index contributed by atoms with van der Waals surface area (Å²) in [6.45, 7) is 0. The molecule has 1 aromatic carbocycles. The van der Waals surface area contributed by atoms with Crippen LogP contribution in [0.2, 0.25) is 0 Å². The van der Waals surface area contributed by atoms with Crippen molar-refractivity contribution in [2.45, 2.75) is 0 Å². The van der Waals surface area contributed by atoms with E-state index in [4.69, 9.17) is 0 Å². The van der Waals surface area contributed by atoms with Crippen molar-refractivity contribution in [3.63, 3.8) is 0 Å². The Hall–Kier alpha value is 0.476. The van der Waals surface area contributed by atoms with E-state index in [1.54, 1.807) is 18.2 Å². The monoisotopic (exact) mass is 263 g/mol. The number of hydrogen-bond donors (Lipinski definition) is 0. The second kappa shape index (κ2) is 4.33.